The van der Waals surface area contributed by atoms with Gasteiger partial charge in [-0.15, -0.1) is 0 Å². The van der Waals surface area contributed by atoms with Crippen molar-refractivity contribution in [1.29, 1.82) is 0 Å². The third-order valence-electron chi connectivity index (χ3n) is 15.6. The minimum atomic E-state index is -1.15. The molecule has 0 spiro atoms. The number of amides is 4. The number of carboxylic acids is 1. The van der Waals surface area contributed by atoms with E-state index >= 15 is 0 Å². The Kier molecular flexibility index (Phi) is 16.3. The number of hydrogen-bond donors (Lipinski definition) is 3. The van der Waals surface area contributed by atoms with E-state index in [1.165, 1.54) is 18.2 Å². The van der Waals surface area contributed by atoms with Gasteiger partial charge in [0.2, 0.25) is 0 Å². The Morgan fingerprint density at radius 3 is 1.62 bits per heavy atom. The molecule has 4 amide bonds. The van der Waals surface area contributed by atoms with E-state index in [-0.39, 0.29) is 70.7 Å². The summed E-state index contributed by atoms with van der Waals surface area (Å²) in [5.41, 5.74) is 2.37. The highest BCUT2D eigenvalue weighted by Gasteiger charge is 2.36. The van der Waals surface area contributed by atoms with Crippen LogP contribution in [0.3, 0.4) is 0 Å². The molecule has 9 rings (SSSR count). The smallest absolute Gasteiger partial charge is 0.326 e. The Balaban J connectivity index is 1.06. The van der Waals surface area contributed by atoms with Gasteiger partial charge in [0.25, 0.3) is 29.3 Å². The first-order chi connectivity index (χ1) is 35.0. The van der Waals surface area contributed by atoms with E-state index in [1.807, 2.05) is 40.1 Å². The second-order valence-electron chi connectivity index (χ2n) is 20.4. The van der Waals surface area contributed by atoms with E-state index in [2.05, 4.69) is 25.4 Å². The van der Waals surface area contributed by atoms with E-state index in [0.717, 1.165) is 121 Å². The zero-order valence-electron chi connectivity index (χ0n) is 41.1. The van der Waals surface area contributed by atoms with Gasteiger partial charge in [0.1, 0.15) is 28.8 Å². The van der Waals surface area contributed by atoms with Crippen molar-refractivity contribution in [3.8, 4) is 11.1 Å². The molecule has 1 aliphatic carbocycles. The van der Waals surface area contributed by atoms with Gasteiger partial charge >= 0.3 is 5.97 Å². The number of rotatable bonds is 18. The number of pyridine rings is 2. The van der Waals surface area contributed by atoms with Crippen molar-refractivity contribution < 1.29 is 34.0 Å². The molecule has 2 aromatic carbocycles. The van der Waals surface area contributed by atoms with E-state index < -0.39 is 28.7 Å². The molecule has 4 unspecified atom stereocenters. The van der Waals surface area contributed by atoms with Gasteiger partial charge < -0.3 is 35.3 Å². The quantitative estimate of drug-likeness (QED) is 0.0670. The Bertz CT molecular complexity index is 2600. The highest BCUT2D eigenvalue weighted by atomic mass is 16.6. The van der Waals surface area contributed by atoms with Gasteiger partial charge in [-0.05, 0) is 149 Å². The molecule has 5 aliphatic rings. The van der Waals surface area contributed by atoms with Crippen LogP contribution in [0.4, 0.5) is 5.69 Å². The molecule has 2 aromatic heterocycles. The lowest BCUT2D eigenvalue weighted by atomic mass is 9.84. The average Bonchev–Trinajstić information content (AvgIpc) is 4.28. The van der Waals surface area contributed by atoms with Gasteiger partial charge in [-0.3, -0.25) is 29.3 Å². The number of nitrogens with one attached hydrogen (secondary N) is 2. The lowest BCUT2D eigenvalue weighted by Gasteiger charge is -2.29. The van der Waals surface area contributed by atoms with Crippen molar-refractivity contribution in [3.63, 3.8) is 0 Å². The predicted octanol–water partition coefficient (Wildman–Crippen LogP) is 7.17. The van der Waals surface area contributed by atoms with Gasteiger partial charge in [0.05, 0.1) is 4.92 Å². The van der Waals surface area contributed by atoms with Crippen LogP contribution in [0.2, 0.25) is 0 Å². The topological polar surface area (TPSA) is 212 Å². The summed E-state index contributed by atoms with van der Waals surface area (Å²) in [5, 5.41) is 27.6. The second kappa shape index (κ2) is 23.3. The zero-order chi connectivity index (χ0) is 50.1. The summed E-state index contributed by atoms with van der Waals surface area (Å²) >= 11 is 0. The number of carbonyl (C=O) groups excluding carboxylic acids is 4. The fourth-order valence-corrected chi connectivity index (χ4v) is 11.8. The molecule has 4 aromatic rings. The van der Waals surface area contributed by atoms with Crippen LogP contribution in [0.25, 0.3) is 11.1 Å². The first-order valence-corrected chi connectivity index (χ1v) is 26.2. The maximum Gasteiger partial charge on any atom is 0.326 e. The summed E-state index contributed by atoms with van der Waals surface area (Å²) in [7, 11) is 0. The fourth-order valence-electron chi connectivity index (χ4n) is 11.8. The monoisotopic (exact) mass is 982 g/mol. The number of benzene rings is 2. The molecule has 0 bridgehead atoms. The number of nitrogens with zero attached hydrogens (tertiary/aromatic N) is 7. The number of aliphatic carboxylic acids is 1. The molecule has 4 atom stereocenters. The van der Waals surface area contributed by atoms with Crippen LogP contribution in [0, 0.1) is 16.0 Å². The third kappa shape index (κ3) is 12.0. The van der Waals surface area contributed by atoms with Crippen molar-refractivity contribution in [2.24, 2.45) is 5.92 Å². The molecular formula is C55H67N9O8. The molecule has 4 saturated heterocycles. The number of nitro groups is 1. The van der Waals surface area contributed by atoms with Gasteiger partial charge in [-0.1, -0.05) is 61.7 Å². The molecule has 17 nitrogen and oxygen atoms in total. The highest BCUT2D eigenvalue weighted by Crippen LogP contribution is 2.32. The standard InChI is InChI=1S/C55H67N9O8/c65-51(56-24-23-45(37-13-3-1-4-14-37)38-19-21-42(22-20-38)64(71)72)46-31-40(33-48(57-46)53(67)62-29-11-17-43(62)35-60-25-7-8-26-60)41-32-47(52(66)59-50(55(69)70)39-15-5-2-6-16-39)58-49(34-41)54(68)63-30-12-18-44(63)36-61-27-9-10-28-61/h1,3-4,13-14,19-22,31-34,39,43-45,50H,2,5-12,15-18,23-30,35-36H2,(H,56,65)(H,59,66)(H,69,70). The minimum Gasteiger partial charge on any atom is -0.480 e. The van der Waals surface area contributed by atoms with Crippen molar-refractivity contribution in [1.82, 2.24) is 40.2 Å². The van der Waals surface area contributed by atoms with Crippen molar-refractivity contribution in [2.45, 2.75) is 114 Å². The molecule has 5 fully saturated rings. The molecule has 4 aliphatic heterocycles. The normalized spacial score (nSPS) is 20.6. The van der Waals surface area contributed by atoms with Crippen molar-refractivity contribution >= 4 is 35.3 Å². The van der Waals surface area contributed by atoms with Gasteiger partial charge in [0, 0.05) is 62.9 Å². The van der Waals surface area contributed by atoms with E-state index in [0.29, 0.717) is 43.5 Å². The lowest BCUT2D eigenvalue weighted by molar-refractivity contribution is -0.384. The highest BCUT2D eigenvalue weighted by molar-refractivity contribution is 6.01. The van der Waals surface area contributed by atoms with Crippen LogP contribution in [0.5, 0.6) is 0 Å². The summed E-state index contributed by atoms with van der Waals surface area (Å²) in [5.74, 6) is -3.55. The van der Waals surface area contributed by atoms with Crippen LogP contribution in [0.1, 0.15) is 149 Å². The largest absolute Gasteiger partial charge is 0.480 e. The third-order valence-corrected chi connectivity index (χ3v) is 15.6. The van der Waals surface area contributed by atoms with Crippen molar-refractivity contribution in [3.05, 3.63) is 123 Å². The summed E-state index contributed by atoms with van der Waals surface area (Å²) in [6, 6.07) is 21.2. The average molecular weight is 982 g/mol. The molecule has 17 heteroatoms. The number of carbonyl (C=O) groups is 5. The maximum absolute atomic E-state index is 14.8. The van der Waals surface area contributed by atoms with Gasteiger partial charge in [0.15, 0.2) is 0 Å². The lowest BCUT2D eigenvalue weighted by Crippen LogP contribution is -2.47. The second-order valence-corrected chi connectivity index (χ2v) is 20.4. The molecule has 0 radical (unpaired) electrons. The first kappa shape index (κ1) is 50.4. The van der Waals surface area contributed by atoms with Crippen LogP contribution < -0.4 is 10.6 Å². The number of hydrogen-bond acceptors (Lipinski definition) is 11. The maximum atomic E-state index is 14.8. The Morgan fingerprint density at radius 2 is 1.11 bits per heavy atom. The van der Waals surface area contributed by atoms with Gasteiger partial charge in [-0.2, -0.15) is 0 Å². The summed E-state index contributed by atoms with van der Waals surface area (Å²) in [6.45, 7) is 6.65. The molecule has 1 saturated carbocycles. The van der Waals surface area contributed by atoms with Gasteiger partial charge in [-0.25, -0.2) is 14.8 Å². The number of aromatic nitrogens is 2. The minimum absolute atomic E-state index is 0.00891. The van der Waals surface area contributed by atoms with Crippen LogP contribution in [0.15, 0.2) is 78.9 Å². The Morgan fingerprint density at radius 1 is 0.611 bits per heavy atom. The summed E-state index contributed by atoms with van der Waals surface area (Å²) < 4.78 is 0. The SMILES string of the molecule is O=C(NCCC(c1ccccc1)c1ccc([N+](=O)[O-])cc1)c1cc(-c2cc(C(=O)NC(C(=O)O)C3CCCCC3)nc(C(=O)N3CCCC3CN3CCCC3)c2)cc(C(=O)N2CCCC2CN2CCCC2)n1. The number of carboxylic acid groups (broad SMARTS) is 1. The molecule has 6 heterocycles. The predicted molar refractivity (Wildman–Crippen MR) is 271 cm³/mol. The number of non-ortho nitro benzene ring substituents is 1. The van der Waals surface area contributed by atoms with Crippen LogP contribution >= 0.6 is 0 Å². The molecular weight excluding hydrogens is 915 g/mol. The fraction of sp³-hybridized carbons (Fsp3) is 0.509. The van der Waals surface area contributed by atoms with Crippen molar-refractivity contribution in [2.75, 3.05) is 58.9 Å². The van der Waals surface area contributed by atoms with E-state index in [1.54, 1.807) is 30.3 Å². The zero-order valence-corrected chi connectivity index (χ0v) is 41.1. The van der Waals surface area contributed by atoms with Crippen LogP contribution in [-0.4, -0.2) is 146 Å². The Hall–Kier alpha value is -6.59. The van der Waals surface area contributed by atoms with E-state index in [9.17, 15) is 39.2 Å². The summed E-state index contributed by atoms with van der Waals surface area (Å²) in [6.07, 6.45) is 12.3. The Labute approximate surface area is 420 Å². The number of likely N-dealkylation sites (tertiary alicyclic amines) is 4. The van der Waals surface area contributed by atoms with E-state index in [4.69, 9.17) is 4.98 Å². The van der Waals surface area contributed by atoms with Crippen LogP contribution in [-0.2, 0) is 4.79 Å². The molecule has 72 heavy (non-hydrogen) atoms. The first-order valence-electron chi connectivity index (χ1n) is 26.2. The molecule has 3 N–H and O–H groups in total. The number of nitro benzene ring substituents is 1. The molecule has 380 valence electrons. The summed E-state index contributed by atoms with van der Waals surface area (Å²) in [4.78, 5) is 99.9.